The van der Waals surface area contributed by atoms with Crippen molar-refractivity contribution in [1.82, 2.24) is 5.48 Å². The van der Waals surface area contributed by atoms with E-state index in [9.17, 15) is 0 Å². The van der Waals surface area contributed by atoms with Crippen LogP contribution in [0.1, 0.15) is 0 Å². The van der Waals surface area contributed by atoms with Crippen molar-refractivity contribution in [2.45, 2.75) is 0 Å². The Balaban J connectivity index is 2.59. The van der Waals surface area contributed by atoms with Crippen LogP contribution in [-0.2, 0) is 4.84 Å². The first-order valence-corrected chi connectivity index (χ1v) is 1.74. The van der Waals surface area contributed by atoms with Gasteiger partial charge in [0.15, 0.2) is 0 Å². The second kappa shape index (κ2) is 1.22. The largest absolute Gasteiger partial charge is 0.342 e. The number of hydroxylamine groups is 1. The molecule has 0 bridgehead atoms. The van der Waals surface area contributed by atoms with Crippen molar-refractivity contribution >= 4 is 23.7 Å². The van der Waals surface area contributed by atoms with Crippen molar-refractivity contribution in [1.29, 1.82) is 0 Å². The molecule has 1 aliphatic heterocycles. The van der Waals surface area contributed by atoms with Crippen LogP contribution in [0, 0.1) is 0 Å². The molecule has 1 aliphatic rings. The van der Waals surface area contributed by atoms with E-state index < -0.39 is 0 Å². The van der Waals surface area contributed by atoms with Crippen LogP contribution in [0.5, 0.6) is 0 Å². The van der Waals surface area contributed by atoms with E-state index in [1.54, 1.807) is 0 Å². The Hall–Kier alpha value is -0.640. The average Bonchev–Trinajstić information content (AvgIpc) is 1.86. The maximum atomic E-state index is 4.43. The topological polar surface area (TPSA) is 35.7 Å². The van der Waals surface area contributed by atoms with Gasteiger partial charge in [-0.3, -0.25) is 0 Å². The van der Waals surface area contributed by atoms with Crippen LogP contribution in [0.2, 0.25) is 0 Å². The van der Waals surface area contributed by atoms with Gasteiger partial charge in [0.2, 0.25) is 6.40 Å². The van der Waals surface area contributed by atoms with E-state index in [1.807, 2.05) is 0 Å². The van der Waals surface area contributed by atoms with Crippen LogP contribution in [0.25, 0.3) is 0 Å². The fourth-order valence-corrected chi connectivity index (χ4v) is 0.247. The first-order chi connectivity index (χ1) is 2.89. The molecule has 0 N–H and O–H groups in total. The second-order valence-electron chi connectivity index (χ2n) is 0.714. The van der Waals surface area contributed by atoms with Crippen molar-refractivity contribution in [2.24, 2.45) is 4.99 Å². The summed E-state index contributed by atoms with van der Waals surface area (Å²) in [6, 6.07) is 0. The molecular weight excluding hydrogens is 100 g/mol. The quantitative estimate of drug-likeness (QED) is 0.398. The minimum absolute atomic E-state index is 0.259. The standard InChI is InChI=1S/C2HN2OS/c6-2-3-1-5-4-2/h1H. The molecule has 0 saturated carbocycles. The van der Waals surface area contributed by atoms with Gasteiger partial charge in [-0.2, -0.15) is 4.99 Å². The Morgan fingerprint density at radius 2 is 2.67 bits per heavy atom. The van der Waals surface area contributed by atoms with E-state index in [4.69, 9.17) is 0 Å². The lowest BCUT2D eigenvalue weighted by atomic mass is 11.2. The van der Waals surface area contributed by atoms with Crippen LogP contribution in [0.15, 0.2) is 4.99 Å². The van der Waals surface area contributed by atoms with Crippen LogP contribution in [0.4, 0.5) is 0 Å². The van der Waals surface area contributed by atoms with Gasteiger partial charge in [0.25, 0.3) is 5.11 Å². The summed E-state index contributed by atoms with van der Waals surface area (Å²) in [6.07, 6.45) is 1.20. The third-order valence-corrected chi connectivity index (χ3v) is 0.521. The van der Waals surface area contributed by atoms with Crippen LogP contribution in [-0.4, -0.2) is 11.5 Å². The van der Waals surface area contributed by atoms with Gasteiger partial charge >= 0.3 is 0 Å². The highest BCUT2D eigenvalue weighted by Gasteiger charge is 1.97. The minimum Gasteiger partial charge on any atom is -0.342 e. The molecule has 4 heteroatoms. The Morgan fingerprint density at radius 1 is 1.83 bits per heavy atom. The molecule has 0 unspecified atom stereocenters. The van der Waals surface area contributed by atoms with Gasteiger partial charge < -0.3 is 4.84 Å². The molecule has 1 heterocycles. The van der Waals surface area contributed by atoms with Gasteiger partial charge in [0.1, 0.15) is 0 Å². The Labute approximate surface area is 40.0 Å². The molecule has 3 nitrogen and oxygen atoms in total. The van der Waals surface area contributed by atoms with Crippen molar-refractivity contribution in [3.63, 3.8) is 0 Å². The van der Waals surface area contributed by atoms with E-state index in [2.05, 4.69) is 27.5 Å². The number of hydrogen-bond donors (Lipinski definition) is 0. The predicted molar refractivity (Wildman–Crippen MR) is 24.3 cm³/mol. The Morgan fingerprint density at radius 3 is 2.83 bits per heavy atom. The summed E-state index contributed by atoms with van der Waals surface area (Å²) in [7, 11) is 0. The number of nitrogens with zero attached hydrogens (tertiary/aromatic N) is 2. The molecule has 0 amide bonds. The molecule has 1 radical (unpaired) electrons. The molecule has 0 spiro atoms. The summed E-state index contributed by atoms with van der Waals surface area (Å²) < 4.78 is 0. The lowest BCUT2D eigenvalue weighted by molar-refractivity contribution is 0.269. The minimum atomic E-state index is 0.259. The molecule has 0 fully saturated rings. The summed E-state index contributed by atoms with van der Waals surface area (Å²) in [5.74, 6) is 0. The van der Waals surface area contributed by atoms with E-state index >= 15 is 0 Å². The summed E-state index contributed by atoms with van der Waals surface area (Å²) in [6.45, 7) is 0. The highest BCUT2D eigenvalue weighted by molar-refractivity contribution is 7.80. The number of hydrogen-bond acceptors (Lipinski definition) is 2. The molecular formula is C2HN2OS. The lowest BCUT2D eigenvalue weighted by Gasteiger charge is -1.77. The first kappa shape index (κ1) is 3.55. The lowest BCUT2D eigenvalue weighted by Crippen LogP contribution is -1.99. The zero-order valence-electron chi connectivity index (χ0n) is 2.79. The smallest absolute Gasteiger partial charge is 0.260 e. The van der Waals surface area contributed by atoms with Gasteiger partial charge in [-0.25, -0.2) is 0 Å². The molecule has 0 aliphatic carbocycles. The third kappa shape index (κ3) is 0.463. The van der Waals surface area contributed by atoms with Crippen LogP contribution < -0.4 is 5.48 Å². The Kier molecular flexibility index (Phi) is 0.719. The van der Waals surface area contributed by atoms with Gasteiger partial charge in [0.05, 0.1) is 0 Å². The predicted octanol–water partition coefficient (Wildman–Crippen LogP) is -0.151. The molecule has 0 aromatic heterocycles. The van der Waals surface area contributed by atoms with Gasteiger partial charge in [0, 0.05) is 0 Å². The second-order valence-corrected chi connectivity index (χ2v) is 1.08. The fraction of sp³-hybridized carbons (Fsp3) is 0. The average molecular weight is 101 g/mol. The van der Waals surface area contributed by atoms with E-state index in [1.165, 1.54) is 6.40 Å². The summed E-state index contributed by atoms with van der Waals surface area (Å²) in [5.41, 5.74) is 3.25. The molecule has 0 atom stereocenters. The highest BCUT2D eigenvalue weighted by atomic mass is 32.1. The number of thiocarbonyl (C=S) groups is 1. The van der Waals surface area contributed by atoms with Crippen molar-refractivity contribution in [3.8, 4) is 0 Å². The number of rotatable bonds is 0. The van der Waals surface area contributed by atoms with Gasteiger partial charge in [-0.1, -0.05) is 0 Å². The molecule has 0 aromatic rings. The Bertz CT molecular complexity index is 99.7. The maximum absolute atomic E-state index is 4.43. The molecule has 31 valence electrons. The zero-order valence-corrected chi connectivity index (χ0v) is 3.60. The summed E-state index contributed by atoms with van der Waals surface area (Å²) in [5, 5.41) is 0.259. The molecule has 0 aromatic carbocycles. The fourth-order valence-electron chi connectivity index (χ4n) is 0.161. The highest BCUT2D eigenvalue weighted by Crippen LogP contribution is 1.82. The molecule has 6 heavy (non-hydrogen) atoms. The number of aliphatic imine (C=N–C) groups is 1. The SMILES string of the molecule is S=C1[N]OC=N1. The van der Waals surface area contributed by atoms with Crippen molar-refractivity contribution in [3.05, 3.63) is 0 Å². The molecule has 1 rings (SSSR count). The monoisotopic (exact) mass is 101 g/mol. The normalized spacial score (nSPS) is 17.0. The van der Waals surface area contributed by atoms with E-state index in [0.717, 1.165) is 0 Å². The molecule has 0 saturated heterocycles. The van der Waals surface area contributed by atoms with E-state index in [-0.39, 0.29) is 5.11 Å². The van der Waals surface area contributed by atoms with Crippen molar-refractivity contribution < 1.29 is 4.84 Å². The van der Waals surface area contributed by atoms with Gasteiger partial charge in [-0.15, -0.1) is 0 Å². The third-order valence-electron chi connectivity index (χ3n) is 0.341. The first-order valence-electron chi connectivity index (χ1n) is 1.33. The summed E-state index contributed by atoms with van der Waals surface area (Å²) in [4.78, 5) is 7.70. The van der Waals surface area contributed by atoms with Crippen LogP contribution >= 0.6 is 12.2 Å². The van der Waals surface area contributed by atoms with Crippen molar-refractivity contribution in [2.75, 3.05) is 0 Å². The zero-order chi connectivity index (χ0) is 4.41. The van der Waals surface area contributed by atoms with Crippen LogP contribution in [0.3, 0.4) is 0 Å². The van der Waals surface area contributed by atoms with E-state index in [0.29, 0.717) is 0 Å². The van der Waals surface area contributed by atoms with Gasteiger partial charge in [-0.05, 0) is 17.7 Å². The maximum Gasteiger partial charge on any atom is 0.260 e. The summed E-state index contributed by atoms with van der Waals surface area (Å²) >= 11 is 4.43.